The van der Waals surface area contributed by atoms with E-state index in [0.717, 1.165) is 57.2 Å². The van der Waals surface area contributed by atoms with E-state index < -0.39 is 6.10 Å². The van der Waals surface area contributed by atoms with Gasteiger partial charge in [0.2, 0.25) is 5.91 Å². The fourth-order valence-electron chi connectivity index (χ4n) is 4.08. The summed E-state index contributed by atoms with van der Waals surface area (Å²) in [4.78, 5) is 14.7. The normalized spacial score (nSPS) is 27.0. The number of aliphatic hydroxyl groups excluding tert-OH is 1. The Bertz CT molecular complexity index is 555. The van der Waals surface area contributed by atoms with Gasteiger partial charge in [-0.3, -0.25) is 4.79 Å². The highest BCUT2D eigenvalue weighted by atomic mass is 35.5. The predicted molar refractivity (Wildman–Crippen MR) is 95.6 cm³/mol. The molecule has 1 aliphatic heterocycles. The summed E-state index contributed by atoms with van der Waals surface area (Å²) in [6, 6.07) is 7.56. The molecule has 5 heteroatoms. The molecule has 3 atom stereocenters. The first-order valence-electron chi connectivity index (χ1n) is 9.02. The summed E-state index contributed by atoms with van der Waals surface area (Å²) in [5.74, 6) is 0.569. The number of halogens is 1. The van der Waals surface area contributed by atoms with Crippen LogP contribution in [-0.2, 0) is 4.79 Å². The SMILES string of the molecule is N[C@@H]1CCC[C@H](C(=O)N2CCC([C@H](O)c3ccc(Cl)cc3)CC2)C1. The van der Waals surface area contributed by atoms with E-state index in [9.17, 15) is 9.90 Å². The second kappa shape index (κ2) is 7.85. The number of carbonyl (C=O) groups excluding carboxylic acids is 1. The minimum atomic E-state index is -0.484. The summed E-state index contributed by atoms with van der Waals surface area (Å²) in [5.41, 5.74) is 6.92. The molecule has 2 fully saturated rings. The molecule has 3 rings (SSSR count). The Kier molecular flexibility index (Phi) is 5.80. The summed E-state index contributed by atoms with van der Waals surface area (Å²) in [7, 11) is 0. The van der Waals surface area contributed by atoms with Gasteiger partial charge in [-0.15, -0.1) is 0 Å². The van der Waals surface area contributed by atoms with Gasteiger partial charge in [0.25, 0.3) is 0 Å². The van der Waals surface area contributed by atoms with Gasteiger partial charge in [-0.2, -0.15) is 0 Å². The summed E-state index contributed by atoms with van der Waals surface area (Å²) >= 11 is 5.91. The predicted octanol–water partition coefficient (Wildman–Crippen LogP) is 3.13. The Morgan fingerprint density at radius 3 is 2.46 bits per heavy atom. The summed E-state index contributed by atoms with van der Waals surface area (Å²) in [5, 5.41) is 11.3. The molecular formula is C19H27ClN2O2. The van der Waals surface area contributed by atoms with Gasteiger partial charge in [-0.25, -0.2) is 0 Å². The molecule has 1 saturated heterocycles. The van der Waals surface area contributed by atoms with E-state index in [-0.39, 0.29) is 23.8 Å². The third-order valence-electron chi connectivity index (χ3n) is 5.57. The minimum Gasteiger partial charge on any atom is -0.388 e. The lowest BCUT2D eigenvalue weighted by molar-refractivity contribution is -0.138. The van der Waals surface area contributed by atoms with E-state index in [1.807, 2.05) is 29.2 Å². The molecule has 24 heavy (non-hydrogen) atoms. The molecule has 1 aromatic carbocycles. The van der Waals surface area contributed by atoms with Crippen LogP contribution in [0.3, 0.4) is 0 Å². The van der Waals surface area contributed by atoms with E-state index >= 15 is 0 Å². The lowest BCUT2D eigenvalue weighted by Crippen LogP contribution is -2.45. The van der Waals surface area contributed by atoms with Crippen molar-refractivity contribution in [3.8, 4) is 0 Å². The zero-order chi connectivity index (χ0) is 17.1. The van der Waals surface area contributed by atoms with Crippen molar-refractivity contribution in [3.63, 3.8) is 0 Å². The van der Waals surface area contributed by atoms with Crippen molar-refractivity contribution in [1.82, 2.24) is 4.90 Å². The van der Waals surface area contributed by atoms with Crippen molar-refractivity contribution < 1.29 is 9.90 Å². The topological polar surface area (TPSA) is 66.6 Å². The molecule has 0 radical (unpaired) electrons. The highest BCUT2D eigenvalue weighted by Gasteiger charge is 2.33. The first kappa shape index (κ1) is 17.7. The Morgan fingerprint density at radius 2 is 1.83 bits per heavy atom. The Morgan fingerprint density at radius 1 is 1.17 bits per heavy atom. The molecule has 1 amide bonds. The average molecular weight is 351 g/mol. The van der Waals surface area contributed by atoms with Crippen LogP contribution in [0, 0.1) is 11.8 Å². The largest absolute Gasteiger partial charge is 0.388 e. The molecule has 4 nitrogen and oxygen atoms in total. The molecule has 0 aromatic heterocycles. The van der Waals surface area contributed by atoms with Gasteiger partial charge in [0.15, 0.2) is 0 Å². The quantitative estimate of drug-likeness (QED) is 0.880. The number of hydrogen-bond acceptors (Lipinski definition) is 3. The first-order valence-corrected chi connectivity index (χ1v) is 9.40. The molecule has 2 aliphatic rings. The zero-order valence-corrected chi connectivity index (χ0v) is 14.8. The van der Waals surface area contributed by atoms with Crippen LogP contribution in [0.4, 0.5) is 0 Å². The molecule has 0 spiro atoms. The van der Waals surface area contributed by atoms with Gasteiger partial charge in [-0.1, -0.05) is 30.2 Å². The van der Waals surface area contributed by atoms with E-state index in [1.165, 1.54) is 0 Å². The van der Waals surface area contributed by atoms with Crippen molar-refractivity contribution in [2.45, 2.75) is 50.7 Å². The smallest absolute Gasteiger partial charge is 0.225 e. The van der Waals surface area contributed by atoms with Gasteiger partial charge in [-0.05, 0) is 55.7 Å². The number of nitrogens with two attached hydrogens (primary N) is 1. The zero-order valence-electron chi connectivity index (χ0n) is 14.0. The van der Waals surface area contributed by atoms with Crippen molar-refractivity contribution in [3.05, 3.63) is 34.9 Å². The average Bonchev–Trinajstić information content (AvgIpc) is 2.61. The van der Waals surface area contributed by atoms with Crippen LogP contribution >= 0.6 is 11.6 Å². The minimum absolute atomic E-state index is 0.103. The molecule has 3 N–H and O–H groups in total. The maximum Gasteiger partial charge on any atom is 0.225 e. The number of likely N-dealkylation sites (tertiary alicyclic amines) is 1. The van der Waals surface area contributed by atoms with Crippen molar-refractivity contribution >= 4 is 17.5 Å². The second-order valence-electron chi connectivity index (χ2n) is 7.28. The van der Waals surface area contributed by atoms with Crippen LogP contribution in [0.25, 0.3) is 0 Å². The number of rotatable bonds is 3. The highest BCUT2D eigenvalue weighted by molar-refractivity contribution is 6.30. The number of benzene rings is 1. The fraction of sp³-hybridized carbons (Fsp3) is 0.632. The summed E-state index contributed by atoms with van der Waals surface area (Å²) in [6.07, 6.45) is 5.10. The molecular weight excluding hydrogens is 324 g/mol. The fourth-order valence-corrected chi connectivity index (χ4v) is 4.20. The Balaban J connectivity index is 1.53. The van der Waals surface area contributed by atoms with Crippen LogP contribution in [0.15, 0.2) is 24.3 Å². The lowest BCUT2D eigenvalue weighted by Gasteiger charge is -2.37. The second-order valence-corrected chi connectivity index (χ2v) is 7.72. The van der Waals surface area contributed by atoms with Gasteiger partial charge < -0.3 is 15.7 Å². The standard InChI is InChI=1S/C19H27ClN2O2/c20-16-6-4-13(5-7-16)18(23)14-8-10-22(11-9-14)19(24)15-2-1-3-17(21)12-15/h4-7,14-15,17-18,23H,1-3,8-12,21H2/t15-,17+,18+/m0/s1. The number of hydrogen-bond donors (Lipinski definition) is 2. The third-order valence-corrected chi connectivity index (χ3v) is 5.83. The maximum absolute atomic E-state index is 12.7. The molecule has 0 bridgehead atoms. The number of amides is 1. The molecule has 1 aliphatic carbocycles. The highest BCUT2D eigenvalue weighted by Crippen LogP contribution is 2.33. The Labute approximate surface area is 149 Å². The van der Waals surface area contributed by atoms with Crippen molar-refractivity contribution in [1.29, 1.82) is 0 Å². The Hall–Kier alpha value is -1.10. The van der Waals surface area contributed by atoms with Gasteiger partial charge in [0.05, 0.1) is 6.10 Å². The maximum atomic E-state index is 12.7. The molecule has 1 aromatic rings. The van der Waals surface area contributed by atoms with Crippen molar-refractivity contribution in [2.75, 3.05) is 13.1 Å². The summed E-state index contributed by atoms with van der Waals surface area (Å²) < 4.78 is 0. The first-order chi connectivity index (χ1) is 11.5. The van der Waals surface area contributed by atoms with Crippen LogP contribution in [0.2, 0.25) is 5.02 Å². The number of aliphatic hydroxyl groups is 1. The van der Waals surface area contributed by atoms with Crippen LogP contribution in [0.5, 0.6) is 0 Å². The van der Waals surface area contributed by atoms with Crippen LogP contribution in [0.1, 0.15) is 50.2 Å². The van der Waals surface area contributed by atoms with Gasteiger partial charge in [0.1, 0.15) is 0 Å². The molecule has 0 unspecified atom stereocenters. The molecule has 132 valence electrons. The van der Waals surface area contributed by atoms with E-state index in [2.05, 4.69) is 0 Å². The summed E-state index contributed by atoms with van der Waals surface area (Å²) in [6.45, 7) is 1.47. The molecule has 1 heterocycles. The lowest BCUT2D eigenvalue weighted by atomic mass is 9.83. The monoisotopic (exact) mass is 350 g/mol. The van der Waals surface area contributed by atoms with E-state index in [0.29, 0.717) is 5.02 Å². The van der Waals surface area contributed by atoms with Crippen molar-refractivity contribution in [2.24, 2.45) is 17.6 Å². The molecule has 1 saturated carbocycles. The third kappa shape index (κ3) is 4.11. The van der Waals surface area contributed by atoms with Crippen LogP contribution in [-0.4, -0.2) is 35.0 Å². The number of carbonyl (C=O) groups is 1. The number of piperidine rings is 1. The van der Waals surface area contributed by atoms with E-state index in [4.69, 9.17) is 17.3 Å². The van der Waals surface area contributed by atoms with Gasteiger partial charge in [0, 0.05) is 30.1 Å². The van der Waals surface area contributed by atoms with E-state index in [1.54, 1.807) is 0 Å². The van der Waals surface area contributed by atoms with Gasteiger partial charge >= 0.3 is 0 Å². The van der Waals surface area contributed by atoms with Crippen LogP contribution < -0.4 is 5.73 Å². The number of nitrogens with zero attached hydrogens (tertiary/aromatic N) is 1.